The van der Waals surface area contributed by atoms with Crippen LogP contribution >= 0.6 is 7.60 Å². The van der Waals surface area contributed by atoms with Gasteiger partial charge >= 0.3 is 13.6 Å². The summed E-state index contributed by atoms with van der Waals surface area (Å²) >= 11 is 0. The van der Waals surface area contributed by atoms with Gasteiger partial charge in [-0.25, -0.2) is 0 Å². The van der Waals surface area contributed by atoms with Gasteiger partial charge in [0.05, 0.1) is 19.8 Å². The minimum absolute atomic E-state index is 0.00663. The monoisotopic (exact) mass is 516 g/mol. The van der Waals surface area contributed by atoms with Gasteiger partial charge in [0, 0.05) is 12.3 Å². The van der Waals surface area contributed by atoms with Gasteiger partial charge in [0.25, 0.3) is 0 Å². The molecule has 0 aliphatic heterocycles. The fourth-order valence-corrected chi connectivity index (χ4v) is 12.0. The first-order valence-electron chi connectivity index (χ1n) is 12.3. The Bertz CT molecular complexity index is 771. The first-order chi connectivity index (χ1) is 15.7. The second kappa shape index (κ2) is 13.3. The van der Waals surface area contributed by atoms with Crippen LogP contribution in [0.25, 0.3) is 0 Å². The zero-order valence-electron chi connectivity index (χ0n) is 22.5. The van der Waals surface area contributed by atoms with Gasteiger partial charge in [0.15, 0.2) is 5.78 Å². The summed E-state index contributed by atoms with van der Waals surface area (Å²) in [6.07, 6.45) is 0.679. The third-order valence-electron chi connectivity index (χ3n) is 6.64. The minimum Gasteiger partial charge on any atom is -0.457 e. The van der Waals surface area contributed by atoms with E-state index in [1.807, 2.05) is 0 Å². The van der Waals surface area contributed by atoms with Crippen molar-refractivity contribution in [2.75, 3.05) is 26.0 Å². The number of carbonyl (C=O) groups excluding carboxylic acids is 2. The molecule has 7 nitrogen and oxygen atoms in total. The second-order valence-electron chi connectivity index (χ2n) is 9.91. The molecule has 0 unspecified atom stereocenters. The maximum Gasteiger partial charge on any atom is 0.341 e. The molecule has 9 heteroatoms. The molecule has 1 aliphatic rings. The largest absolute Gasteiger partial charge is 0.457 e. The van der Waals surface area contributed by atoms with Crippen LogP contribution in [0, 0.1) is 5.92 Å². The molecule has 0 aromatic heterocycles. The third kappa shape index (κ3) is 7.72. The number of hydrogen-bond donors (Lipinski definition) is 0. The van der Waals surface area contributed by atoms with Crippen molar-refractivity contribution in [3.05, 3.63) is 23.8 Å². The molecule has 1 aliphatic carbocycles. The summed E-state index contributed by atoms with van der Waals surface area (Å²) in [4.78, 5) is 25.2. The van der Waals surface area contributed by atoms with Crippen molar-refractivity contribution in [2.45, 2.75) is 91.5 Å². The number of esters is 1. The molecule has 196 valence electrons. The van der Waals surface area contributed by atoms with E-state index in [4.69, 9.17) is 18.2 Å². The van der Waals surface area contributed by atoms with Crippen LogP contribution in [0.3, 0.4) is 0 Å². The second-order valence-corrected chi connectivity index (χ2v) is 17.4. The van der Waals surface area contributed by atoms with E-state index < -0.39 is 40.1 Å². The number of rotatable bonds is 14. The predicted molar refractivity (Wildman–Crippen MR) is 139 cm³/mol. The maximum absolute atomic E-state index is 12.8. The molecular formula is C25H45O7PSi. The quantitative estimate of drug-likeness (QED) is 0.113. The molecule has 0 aromatic carbocycles. The molecule has 34 heavy (non-hydrogen) atoms. The smallest absolute Gasteiger partial charge is 0.341 e. The molecule has 0 fully saturated rings. The van der Waals surface area contributed by atoms with E-state index in [1.165, 1.54) is 0 Å². The molecule has 0 aromatic rings. The topological polar surface area (TPSA) is 88.1 Å². The summed E-state index contributed by atoms with van der Waals surface area (Å²) in [7, 11) is -5.71. The SMILES string of the molecule is C=C(CO[Si](C(C)C)(C(C)C)C(C)C)[C@H]1CC(=O)C(C)=C[C@H]1OC(=O)CP(=O)(OCC)OCC. The van der Waals surface area contributed by atoms with Gasteiger partial charge in [0.1, 0.15) is 12.3 Å². The Morgan fingerprint density at radius 2 is 1.59 bits per heavy atom. The highest BCUT2D eigenvalue weighted by atomic mass is 31.2. The number of hydrogen-bond acceptors (Lipinski definition) is 7. The highest BCUT2D eigenvalue weighted by molar-refractivity contribution is 7.54. The zero-order valence-corrected chi connectivity index (χ0v) is 24.4. The summed E-state index contributed by atoms with van der Waals surface area (Å²) in [6.45, 7) is 23.2. The van der Waals surface area contributed by atoms with Crippen LogP contribution in [-0.4, -0.2) is 52.2 Å². The average molecular weight is 517 g/mol. The highest BCUT2D eigenvalue weighted by Gasteiger charge is 2.45. The van der Waals surface area contributed by atoms with Crippen molar-refractivity contribution in [1.82, 2.24) is 0 Å². The summed E-state index contributed by atoms with van der Waals surface area (Å²) in [5.74, 6) is -1.10. The fraction of sp³-hybridized carbons (Fsp3) is 0.760. The van der Waals surface area contributed by atoms with E-state index in [2.05, 4.69) is 48.1 Å². The first kappa shape index (κ1) is 31.0. The summed E-state index contributed by atoms with van der Waals surface area (Å²) < 4.78 is 35.6. The van der Waals surface area contributed by atoms with Crippen LogP contribution in [0.15, 0.2) is 23.8 Å². The number of allylic oxidation sites excluding steroid dienone is 1. The zero-order chi connectivity index (χ0) is 26.3. The Hall–Kier alpha value is -1.05. The van der Waals surface area contributed by atoms with Crippen LogP contribution in [0.5, 0.6) is 0 Å². The number of ketones is 1. The summed E-state index contributed by atoms with van der Waals surface area (Å²) in [5.41, 5.74) is 2.50. The third-order valence-corrected chi connectivity index (χ3v) is 14.6. The van der Waals surface area contributed by atoms with Gasteiger partial charge in [-0.2, -0.15) is 0 Å². The summed E-state index contributed by atoms with van der Waals surface area (Å²) in [6, 6.07) is 0. The Morgan fingerprint density at radius 3 is 2.03 bits per heavy atom. The molecule has 0 amide bonds. The van der Waals surface area contributed by atoms with Gasteiger partial charge in [-0.15, -0.1) is 0 Å². The lowest BCUT2D eigenvalue weighted by atomic mass is 9.82. The molecule has 0 N–H and O–H groups in total. The molecule has 0 bridgehead atoms. The Kier molecular flexibility index (Phi) is 12.1. The van der Waals surface area contributed by atoms with Crippen LogP contribution < -0.4 is 0 Å². The Labute approximate surface area is 207 Å². The number of ether oxygens (including phenoxy) is 1. The van der Waals surface area contributed by atoms with Crippen molar-refractivity contribution in [3.8, 4) is 0 Å². The van der Waals surface area contributed by atoms with E-state index in [0.29, 0.717) is 28.8 Å². The first-order valence-corrected chi connectivity index (χ1v) is 16.2. The molecule has 2 atom stereocenters. The van der Waals surface area contributed by atoms with Crippen molar-refractivity contribution in [3.63, 3.8) is 0 Å². The van der Waals surface area contributed by atoms with Gasteiger partial charge in [-0.1, -0.05) is 48.1 Å². The summed E-state index contributed by atoms with van der Waals surface area (Å²) in [5, 5.41) is 0. The lowest BCUT2D eigenvalue weighted by Crippen LogP contribution is -2.48. The van der Waals surface area contributed by atoms with Crippen molar-refractivity contribution < 1.29 is 32.4 Å². The maximum atomic E-state index is 12.8. The molecule has 0 heterocycles. The van der Waals surface area contributed by atoms with Crippen LogP contribution in [0.4, 0.5) is 0 Å². The van der Waals surface area contributed by atoms with E-state index in [-0.39, 0.29) is 25.4 Å². The lowest BCUT2D eigenvalue weighted by molar-refractivity contribution is -0.147. The predicted octanol–water partition coefficient (Wildman–Crippen LogP) is 6.45. The highest BCUT2D eigenvalue weighted by Crippen LogP contribution is 2.48. The molecule has 0 saturated heterocycles. The minimum atomic E-state index is -3.59. The Balaban J connectivity index is 3.07. The van der Waals surface area contributed by atoms with Crippen LogP contribution in [-0.2, 0) is 32.4 Å². The average Bonchev–Trinajstić information content (AvgIpc) is 2.70. The van der Waals surface area contributed by atoms with Crippen LogP contribution in [0.2, 0.25) is 16.6 Å². The van der Waals surface area contributed by atoms with Crippen molar-refractivity contribution >= 4 is 27.7 Å². The lowest BCUT2D eigenvalue weighted by Gasteiger charge is -2.43. The van der Waals surface area contributed by atoms with Gasteiger partial charge in [-0.3, -0.25) is 14.2 Å². The van der Waals surface area contributed by atoms with E-state index in [1.54, 1.807) is 26.8 Å². The standard InChI is InChI=1S/C25H45O7PSi/c1-11-29-33(28,30-12-2)16-25(27)32-24-13-20(9)23(26)14-22(24)21(10)15-31-34(17(3)4,18(5)6)19(7)8/h13,17-19,22,24H,10-12,14-16H2,1-9H3/t22-,24-/m1/s1. The molecular weight excluding hydrogens is 471 g/mol. The van der Waals surface area contributed by atoms with Gasteiger partial charge in [0.2, 0.25) is 8.32 Å². The fourth-order valence-electron chi connectivity index (χ4n) is 5.12. The molecule has 0 spiro atoms. The van der Waals surface area contributed by atoms with E-state index >= 15 is 0 Å². The van der Waals surface area contributed by atoms with Gasteiger partial charge in [-0.05, 0) is 54.6 Å². The number of carbonyl (C=O) groups is 2. The normalized spacial score (nSPS) is 19.6. The van der Waals surface area contributed by atoms with Crippen LogP contribution in [0.1, 0.15) is 68.7 Å². The molecule has 1 rings (SSSR count). The number of Topliss-reactive ketones (excluding diaryl/α,β-unsaturated/α-hetero) is 1. The van der Waals surface area contributed by atoms with Gasteiger partial charge < -0.3 is 18.2 Å². The molecule has 0 saturated carbocycles. The molecule has 0 radical (unpaired) electrons. The van der Waals surface area contributed by atoms with E-state index in [0.717, 1.165) is 5.57 Å². The van der Waals surface area contributed by atoms with Crippen molar-refractivity contribution in [2.24, 2.45) is 5.92 Å². The van der Waals surface area contributed by atoms with Crippen molar-refractivity contribution in [1.29, 1.82) is 0 Å². The van der Waals surface area contributed by atoms with E-state index in [9.17, 15) is 14.2 Å². The Morgan fingerprint density at radius 1 is 1.09 bits per heavy atom.